The molecule has 1 aromatic carbocycles. The maximum absolute atomic E-state index is 3.73. The number of aryl methyl sites for hydroxylation is 1. The lowest BCUT2D eigenvalue weighted by Gasteiger charge is -2.20. The van der Waals surface area contributed by atoms with Crippen LogP contribution >= 0.6 is 0 Å². The van der Waals surface area contributed by atoms with Gasteiger partial charge in [0.05, 0.1) is 0 Å². The van der Waals surface area contributed by atoms with Crippen molar-refractivity contribution in [3.8, 4) is 11.1 Å². The smallest absolute Gasteiger partial charge is 0.137 e. The second-order valence-electron chi connectivity index (χ2n) is 5.18. The van der Waals surface area contributed by atoms with Gasteiger partial charge in [0.2, 0.25) is 0 Å². The fourth-order valence-corrected chi connectivity index (χ4v) is 7.22. The first-order valence-electron chi connectivity index (χ1n) is 7.13. The molecule has 0 unspecified atom stereocenters. The first-order chi connectivity index (χ1) is 8.58. The Balaban J connectivity index is 2.85. The summed E-state index contributed by atoms with van der Waals surface area (Å²) >= 11 is 0. The van der Waals surface area contributed by atoms with Gasteiger partial charge in [-0.2, -0.15) is 0 Å². The van der Waals surface area contributed by atoms with E-state index in [1.54, 1.807) is 0 Å². The van der Waals surface area contributed by atoms with E-state index in [0.717, 1.165) is 0 Å². The van der Waals surface area contributed by atoms with E-state index in [0.29, 0.717) is 0 Å². The lowest BCUT2D eigenvalue weighted by molar-refractivity contribution is 1.20. The summed E-state index contributed by atoms with van der Waals surface area (Å²) in [5.41, 5.74) is 10.2. The molecule has 0 N–H and O–H groups in total. The van der Waals surface area contributed by atoms with E-state index in [1.165, 1.54) is 34.4 Å². The fraction of sp³-hybridized carbons (Fsp3) is 0.500. The molecule has 1 rings (SSSR count). The first-order valence-corrected chi connectivity index (χ1v) is 11.2. The Bertz CT molecular complexity index is 440. The minimum atomic E-state index is -1.23. The zero-order chi connectivity index (χ0) is 13.6. The van der Waals surface area contributed by atoms with Crippen LogP contribution in [0.5, 0.6) is 0 Å². The van der Waals surface area contributed by atoms with Gasteiger partial charge in [0.15, 0.2) is 0 Å². The fourth-order valence-electron chi connectivity index (χ4n) is 2.35. The maximum atomic E-state index is 3.73. The zero-order valence-electron chi connectivity index (χ0n) is 12.6. The molecule has 0 nitrogen and oxygen atoms in total. The number of hydrogen-bond donors (Lipinski definition) is 0. The number of hydrogen-bond acceptors (Lipinski definition) is 0. The summed E-state index contributed by atoms with van der Waals surface area (Å²) in [5, 5.41) is 1.54. The molecule has 18 heavy (non-hydrogen) atoms. The van der Waals surface area contributed by atoms with Crippen LogP contribution in [0.25, 0.3) is 0 Å². The SMILES string of the molecule is CC[Si](C#C[SiH2]c1cccc(C)c1C)(CC)CC. The van der Waals surface area contributed by atoms with Crippen molar-refractivity contribution >= 4 is 22.8 Å². The van der Waals surface area contributed by atoms with Crippen LogP contribution in [0.4, 0.5) is 0 Å². The van der Waals surface area contributed by atoms with Crippen LogP contribution in [0.15, 0.2) is 18.2 Å². The molecule has 0 radical (unpaired) electrons. The average molecular weight is 275 g/mol. The Morgan fingerprint density at radius 3 is 2.22 bits per heavy atom. The Kier molecular flexibility index (Phi) is 5.91. The molecule has 0 saturated heterocycles. The third-order valence-electron chi connectivity index (χ3n) is 4.38. The van der Waals surface area contributed by atoms with E-state index in [9.17, 15) is 0 Å². The molecule has 0 aliphatic heterocycles. The minimum Gasteiger partial charge on any atom is -0.141 e. The van der Waals surface area contributed by atoms with E-state index < -0.39 is 17.6 Å². The zero-order valence-corrected chi connectivity index (χ0v) is 15.0. The van der Waals surface area contributed by atoms with E-state index >= 15 is 0 Å². The van der Waals surface area contributed by atoms with Crippen LogP contribution in [0, 0.1) is 24.9 Å². The van der Waals surface area contributed by atoms with Crippen molar-refractivity contribution in [3.05, 3.63) is 29.3 Å². The van der Waals surface area contributed by atoms with Crippen molar-refractivity contribution in [2.24, 2.45) is 0 Å². The van der Waals surface area contributed by atoms with Gasteiger partial charge in [0.1, 0.15) is 17.6 Å². The van der Waals surface area contributed by atoms with Crippen molar-refractivity contribution in [3.63, 3.8) is 0 Å². The van der Waals surface area contributed by atoms with Gasteiger partial charge in [-0.1, -0.05) is 39.0 Å². The quantitative estimate of drug-likeness (QED) is 0.585. The van der Waals surface area contributed by atoms with Gasteiger partial charge in [0, 0.05) is 0 Å². The largest absolute Gasteiger partial charge is 0.141 e. The highest BCUT2D eigenvalue weighted by molar-refractivity contribution is 6.88. The summed E-state index contributed by atoms with van der Waals surface area (Å²) in [5.74, 6) is 0. The lowest BCUT2D eigenvalue weighted by atomic mass is 10.1. The summed E-state index contributed by atoms with van der Waals surface area (Å²) in [6.07, 6.45) is 0. The van der Waals surface area contributed by atoms with Crippen LogP contribution in [-0.4, -0.2) is 17.6 Å². The van der Waals surface area contributed by atoms with Gasteiger partial charge in [-0.25, -0.2) is 0 Å². The molecular weight excluding hydrogens is 248 g/mol. The summed E-state index contributed by atoms with van der Waals surface area (Å²) < 4.78 is 0. The van der Waals surface area contributed by atoms with Gasteiger partial charge < -0.3 is 0 Å². The molecule has 0 atom stereocenters. The highest BCUT2D eigenvalue weighted by Gasteiger charge is 2.23. The molecule has 98 valence electrons. The lowest BCUT2D eigenvalue weighted by Crippen LogP contribution is -2.30. The number of rotatable bonds is 4. The predicted octanol–water partition coefficient (Wildman–Crippen LogP) is 3.11. The average Bonchev–Trinajstić information content (AvgIpc) is 2.40. The first kappa shape index (κ1) is 15.3. The molecule has 0 fully saturated rings. The summed E-state index contributed by atoms with van der Waals surface area (Å²) in [7, 11) is -1.62. The van der Waals surface area contributed by atoms with Crippen molar-refractivity contribution < 1.29 is 0 Å². The Labute approximate surface area is 116 Å². The highest BCUT2D eigenvalue weighted by Crippen LogP contribution is 2.18. The van der Waals surface area contributed by atoms with Crippen LogP contribution in [0.3, 0.4) is 0 Å². The van der Waals surface area contributed by atoms with Crippen LogP contribution in [0.2, 0.25) is 18.1 Å². The monoisotopic (exact) mass is 274 g/mol. The van der Waals surface area contributed by atoms with Crippen molar-refractivity contribution in [1.82, 2.24) is 0 Å². The summed E-state index contributed by atoms with van der Waals surface area (Å²) in [6.45, 7) is 11.4. The van der Waals surface area contributed by atoms with Crippen LogP contribution in [-0.2, 0) is 0 Å². The second-order valence-corrected chi connectivity index (χ2v) is 11.6. The molecule has 0 aromatic heterocycles. The molecule has 0 spiro atoms. The summed E-state index contributed by atoms with van der Waals surface area (Å²) in [6, 6.07) is 10.6. The van der Waals surface area contributed by atoms with Crippen molar-refractivity contribution in [1.29, 1.82) is 0 Å². The van der Waals surface area contributed by atoms with Gasteiger partial charge >= 0.3 is 0 Å². The molecule has 2 heteroatoms. The molecular formula is C16H26Si2. The molecule has 0 aliphatic carbocycles. The Morgan fingerprint density at radius 1 is 1.06 bits per heavy atom. The second kappa shape index (κ2) is 6.96. The van der Waals surface area contributed by atoms with Crippen LogP contribution < -0.4 is 5.19 Å². The van der Waals surface area contributed by atoms with Crippen LogP contribution in [0.1, 0.15) is 31.9 Å². The van der Waals surface area contributed by atoms with Crippen molar-refractivity contribution in [2.45, 2.75) is 52.8 Å². The molecule has 1 aromatic rings. The Hall–Kier alpha value is -0.786. The van der Waals surface area contributed by atoms with E-state index in [-0.39, 0.29) is 0 Å². The molecule has 0 amide bonds. The normalized spacial score (nSPS) is 11.6. The molecule has 0 saturated carbocycles. The molecule has 0 aliphatic rings. The predicted molar refractivity (Wildman–Crippen MR) is 89.1 cm³/mol. The van der Waals surface area contributed by atoms with Gasteiger partial charge in [-0.3, -0.25) is 0 Å². The van der Waals surface area contributed by atoms with Crippen molar-refractivity contribution in [2.75, 3.05) is 0 Å². The topological polar surface area (TPSA) is 0 Å². The van der Waals surface area contributed by atoms with E-state index in [4.69, 9.17) is 0 Å². The van der Waals surface area contributed by atoms with Gasteiger partial charge in [0.25, 0.3) is 0 Å². The third kappa shape index (κ3) is 3.60. The molecule has 0 heterocycles. The van der Waals surface area contributed by atoms with E-state index in [2.05, 4.69) is 63.9 Å². The number of benzene rings is 1. The minimum absolute atomic E-state index is 0.396. The maximum Gasteiger partial charge on any atom is 0.137 e. The third-order valence-corrected chi connectivity index (χ3v) is 11.0. The standard InChI is InChI=1S/C16H26Si2/c1-6-18(7-2,8-3)13-12-17-16-11-9-10-14(4)15(16)5/h9-11H,6-8,17H2,1-5H3. The highest BCUT2D eigenvalue weighted by atomic mass is 28.3. The summed E-state index contributed by atoms with van der Waals surface area (Å²) in [4.78, 5) is 0. The molecule has 0 bridgehead atoms. The van der Waals surface area contributed by atoms with Gasteiger partial charge in [-0.05, 0) is 48.3 Å². The Morgan fingerprint density at radius 2 is 1.67 bits per heavy atom. The van der Waals surface area contributed by atoms with Gasteiger partial charge in [-0.15, -0.1) is 11.1 Å². The van der Waals surface area contributed by atoms with E-state index in [1.807, 2.05) is 0 Å².